The number of carboxylic acids is 1. The molecule has 0 saturated carbocycles. The van der Waals surface area contributed by atoms with Crippen LogP contribution in [0.15, 0.2) is 29.2 Å². The zero-order chi connectivity index (χ0) is 17.0. The molecular formula is C15H18N2O5S. The number of thioether (sulfide) groups is 1. The van der Waals surface area contributed by atoms with E-state index in [1.54, 1.807) is 19.1 Å². The Morgan fingerprint density at radius 2 is 2.00 bits per heavy atom. The first kappa shape index (κ1) is 17.3. The molecular weight excluding hydrogens is 320 g/mol. The van der Waals surface area contributed by atoms with E-state index in [0.29, 0.717) is 13.0 Å². The number of rotatable bonds is 5. The third kappa shape index (κ3) is 4.22. The molecule has 0 aliphatic carbocycles. The van der Waals surface area contributed by atoms with Gasteiger partial charge in [0.05, 0.1) is 10.2 Å². The fraction of sp³-hybridized carbons (Fsp3) is 0.467. The van der Waals surface area contributed by atoms with Crippen molar-refractivity contribution in [3.05, 3.63) is 34.4 Å². The number of likely N-dealkylation sites (tertiary alicyclic amines) is 1. The lowest BCUT2D eigenvalue weighted by Gasteiger charge is -2.34. The van der Waals surface area contributed by atoms with Crippen LogP contribution in [0.2, 0.25) is 0 Å². The summed E-state index contributed by atoms with van der Waals surface area (Å²) in [6.07, 6.45) is 2.10. The predicted molar refractivity (Wildman–Crippen MR) is 85.4 cm³/mol. The minimum atomic E-state index is -0.967. The molecule has 0 aromatic heterocycles. The molecule has 2 atom stereocenters. The monoisotopic (exact) mass is 338 g/mol. The molecule has 1 fully saturated rings. The Hall–Kier alpha value is -2.09. The number of carbonyl (C=O) groups excluding carboxylic acids is 1. The van der Waals surface area contributed by atoms with Crippen molar-refractivity contribution in [1.29, 1.82) is 0 Å². The van der Waals surface area contributed by atoms with Crippen molar-refractivity contribution in [3.63, 3.8) is 0 Å². The Kier molecular flexibility index (Phi) is 5.59. The highest BCUT2D eigenvalue weighted by atomic mass is 32.2. The fourth-order valence-electron chi connectivity index (χ4n) is 2.59. The number of piperidine rings is 1. The maximum atomic E-state index is 12.5. The number of carboxylic acid groups (broad SMARTS) is 1. The van der Waals surface area contributed by atoms with E-state index in [2.05, 4.69) is 0 Å². The molecule has 1 aromatic rings. The van der Waals surface area contributed by atoms with E-state index < -0.39 is 22.2 Å². The summed E-state index contributed by atoms with van der Waals surface area (Å²) in [4.78, 5) is 36.1. The normalized spacial score (nSPS) is 19.2. The van der Waals surface area contributed by atoms with Gasteiger partial charge < -0.3 is 10.0 Å². The summed E-state index contributed by atoms with van der Waals surface area (Å²) in [6.45, 7) is 2.18. The lowest BCUT2D eigenvalue weighted by atomic mass is 10.0. The molecule has 1 amide bonds. The van der Waals surface area contributed by atoms with E-state index in [9.17, 15) is 24.8 Å². The molecule has 7 nitrogen and oxygen atoms in total. The second-order valence-electron chi connectivity index (χ2n) is 5.39. The van der Waals surface area contributed by atoms with E-state index in [4.69, 9.17) is 0 Å². The average molecular weight is 338 g/mol. The summed E-state index contributed by atoms with van der Waals surface area (Å²) in [5.41, 5.74) is -0.00435. The van der Waals surface area contributed by atoms with Gasteiger partial charge in [0.2, 0.25) is 5.91 Å². The van der Waals surface area contributed by atoms with Crippen LogP contribution in [0, 0.1) is 10.1 Å². The highest BCUT2D eigenvalue weighted by Crippen LogP contribution is 2.28. The van der Waals surface area contributed by atoms with Crippen molar-refractivity contribution in [2.75, 3.05) is 6.54 Å². The maximum Gasteiger partial charge on any atom is 0.326 e. The van der Waals surface area contributed by atoms with Gasteiger partial charge in [-0.1, -0.05) is 0 Å². The predicted octanol–water partition coefficient (Wildman–Crippen LogP) is 2.54. The quantitative estimate of drug-likeness (QED) is 0.503. The van der Waals surface area contributed by atoms with Crippen LogP contribution in [0.3, 0.4) is 0 Å². The first-order valence-electron chi connectivity index (χ1n) is 7.34. The van der Waals surface area contributed by atoms with Crippen molar-refractivity contribution < 1.29 is 19.6 Å². The molecule has 1 aliphatic heterocycles. The largest absolute Gasteiger partial charge is 0.480 e. The highest BCUT2D eigenvalue weighted by Gasteiger charge is 2.34. The van der Waals surface area contributed by atoms with Crippen LogP contribution in [0.25, 0.3) is 0 Å². The van der Waals surface area contributed by atoms with Crippen LogP contribution >= 0.6 is 11.8 Å². The Morgan fingerprint density at radius 1 is 1.35 bits per heavy atom. The second kappa shape index (κ2) is 7.45. The molecule has 1 aliphatic rings. The third-order valence-corrected chi connectivity index (χ3v) is 4.88. The number of hydrogen-bond acceptors (Lipinski definition) is 5. The lowest BCUT2D eigenvalue weighted by Crippen LogP contribution is -2.50. The van der Waals surface area contributed by atoms with Gasteiger partial charge in [-0.15, -0.1) is 11.8 Å². The van der Waals surface area contributed by atoms with E-state index in [1.807, 2.05) is 0 Å². The molecule has 124 valence electrons. The zero-order valence-corrected chi connectivity index (χ0v) is 13.5. The number of nitro groups is 1. The van der Waals surface area contributed by atoms with Gasteiger partial charge in [0, 0.05) is 23.6 Å². The summed E-state index contributed by atoms with van der Waals surface area (Å²) in [7, 11) is 0. The summed E-state index contributed by atoms with van der Waals surface area (Å²) >= 11 is 1.27. The fourth-order valence-corrected chi connectivity index (χ4v) is 3.52. The van der Waals surface area contributed by atoms with Gasteiger partial charge >= 0.3 is 5.97 Å². The highest BCUT2D eigenvalue weighted by molar-refractivity contribution is 8.00. The van der Waals surface area contributed by atoms with E-state index in [1.165, 1.54) is 28.8 Å². The van der Waals surface area contributed by atoms with Gasteiger partial charge in [-0.05, 0) is 38.3 Å². The number of amides is 1. The first-order valence-corrected chi connectivity index (χ1v) is 8.22. The molecule has 1 aromatic carbocycles. The summed E-state index contributed by atoms with van der Waals surface area (Å²) in [5, 5.41) is 19.4. The lowest BCUT2D eigenvalue weighted by molar-refractivity contribution is -0.384. The minimum Gasteiger partial charge on any atom is -0.480 e. The molecule has 23 heavy (non-hydrogen) atoms. The standard InChI is InChI=1S/C15H18N2O5S/c1-10(23-12-7-5-11(6-8-12)17(21)22)14(18)16-9-3-2-4-13(16)15(19)20/h5-8,10,13H,2-4,9H2,1H3,(H,19,20). The van der Waals surface area contributed by atoms with Gasteiger partial charge in [-0.25, -0.2) is 4.79 Å². The van der Waals surface area contributed by atoms with Crippen LogP contribution in [-0.4, -0.2) is 44.6 Å². The molecule has 0 radical (unpaired) electrons. The Bertz CT molecular complexity index is 604. The molecule has 1 saturated heterocycles. The number of hydrogen-bond donors (Lipinski definition) is 1. The van der Waals surface area contributed by atoms with E-state index in [-0.39, 0.29) is 11.6 Å². The molecule has 2 rings (SSSR count). The molecule has 8 heteroatoms. The van der Waals surface area contributed by atoms with Crippen LogP contribution in [-0.2, 0) is 9.59 Å². The van der Waals surface area contributed by atoms with Crippen LogP contribution in [0.5, 0.6) is 0 Å². The van der Waals surface area contributed by atoms with Gasteiger partial charge in [0.25, 0.3) is 5.69 Å². The Morgan fingerprint density at radius 3 is 2.57 bits per heavy atom. The van der Waals surface area contributed by atoms with Gasteiger partial charge in [0.15, 0.2) is 0 Å². The third-order valence-electron chi connectivity index (χ3n) is 3.78. The number of benzene rings is 1. The number of non-ortho nitro benzene ring substituents is 1. The van der Waals surface area contributed by atoms with Gasteiger partial charge in [0.1, 0.15) is 6.04 Å². The topological polar surface area (TPSA) is 101 Å². The minimum absolute atomic E-state index is 0.00435. The van der Waals surface area contributed by atoms with Crippen molar-refractivity contribution in [2.24, 2.45) is 0 Å². The van der Waals surface area contributed by atoms with E-state index in [0.717, 1.165) is 17.7 Å². The van der Waals surface area contributed by atoms with Crippen molar-refractivity contribution in [1.82, 2.24) is 4.90 Å². The zero-order valence-electron chi connectivity index (χ0n) is 12.7. The number of aliphatic carboxylic acids is 1. The molecule has 1 N–H and O–H groups in total. The number of nitrogens with zero attached hydrogens (tertiary/aromatic N) is 2. The summed E-state index contributed by atoms with van der Waals surface area (Å²) < 4.78 is 0. The number of nitro benzene ring substituents is 1. The van der Waals surface area contributed by atoms with Crippen LogP contribution in [0.4, 0.5) is 5.69 Å². The van der Waals surface area contributed by atoms with Gasteiger partial charge in [-0.2, -0.15) is 0 Å². The summed E-state index contributed by atoms with van der Waals surface area (Å²) in [5.74, 6) is -1.17. The van der Waals surface area contributed by atoms with Gasteiger partial charge in [-0.3, -0.25) is 14.9 Å². The molecule has 0 spiro atoms. The Labute approximate surface area is 137 Å². The Balaban J connectivity index is 2.03. The SMILES string of the molecule is CC(Sc1ccc([N+](=O)[O-])cc1)C(=O)N1CCCCC1C(=O)O. The maximum absolute atomic E-state index is 12.5. The average Bonchev–Trinajstić information content (AvgIpc) is 2.54. The van der Waals surface area contributed by atoms with Crippen LogP contribution in [0.1, 0.15) is 26.2 Å². The molecule has 1 heterocycles. The van der Waals surface area contributed by atoms with Crippen molar-refractivity contribution >= 4 is 29.3 Å². The smallest absolute Gasteiger partial charge is 0.326 e. The molecule has 0 bridgehead atoms. The van der Waals surface area contributed by atoms with Crippen LogP contribution < -0.4 is 0 Å². The first-order chi connectivity index (χ1) is 10.9. The van der Waals surface area contributed by atoms with Crippen molar-refractivity contribution in [2.45, 2.75) is 42.4 Å². The van der Waals surface area contributed by atoms with E-state index >= 15 is 0 Å². The second-order valence-corrected chi connectivity index (χ2v) is 6.81. The molecule has 2 unspecified atom stereocenters. The van der Waals surface area contributed by atoms with Crippen molar-refractivity contribution in [3.8, 4) is 0 Å². The summed E-state index contributed by atoms with van der Waals surface area (Å²) in [6, 6.07) is 5.21. The number of carbonyl (C=O) groups is 2.